The van der Waals surface area contributed by atoms with Crippen molar-refractivity contribution in [1.29, 1.82) is 0 Å². The number of hydrogen-bond donors (Lipinski definition) is 1. The van der Waals surface area contributed by atoms with Crippen molar-refractivity contribution >= 4 is 32.8 Å². The van der Waals surface area contributed by atoms with E-state index in [1.807, 2.05) is 48.5 Å². The van der Waals surface area contributed by atoms with Crippen LogP contribution in [-0.4, -0.2) is 24.9 Å². The predicted molar refractivity (Wildman–Crippen MR) is 113 cm³/mol. The van der Waals surface area contributed by atoms with Crippen molar-refractivity contribution in [2.75, 3.05) is 0 Å². The van der Waals surface area contributed by atoms with E-state index in [4.69, 9.17) is 0 Å². The van der Waals surface area contributed by atoms with Crippen molar-refractivity contribution in [1.82, 2.24) is 13.7 Å². The molecule has 3 aromatic carbocycles. The van der Waals surface area contributed by atoms with E-state index in [1.54, 1.807) is 16.2 Å². The highest BCUT2D eigenvalue weighted by Crippen LogP contribution is 2.29. The molecule has 0 saturated heterocycles. The molecule has 0 saturated carbocycles. The van der Waals surface area contributed by atoms with Crippen molar-refractivity contribution in [2.45, 2.75) is 19.2 Å². The van der Waals surface area contributed by atoms with Crippen LogP contribution in [0.4, 0.5) is 0 Å². The molecule has 0 aliphatic rings. The van der Waals surface area contributed by atoms with Gasteiger partial charge in [-0.2, -0.15) is 0 Å². The average Bonchev–Trinajstić information content (AvgIpc) is 3.17. The fraction of sp³-hybridized carbons (Fsp3) is 0.174. The van der Waals surface area contributed by atoms with Gasteiger partial charge in [-0.05, 0) is 24.3 Å². The Bertz CT molecular complexity index is 1320. The maximum atomic E-state index is 12.7. The Morgan fingerprint density at radius 2 is 1.18 bits per heavy atom. The second-order valence-corrected chi connectivity index (χ2v) is 7.24. The lowest BCUT2D eigenvalue weighted by atomic mass is 10.2. The molecule has 5 aromatic rings. The molecular formula is C23H21N3O2. The summed E-state index contributed by atoms with van der Waals surface area (Å²) in [6, 6.07) is 24.1. The summed E-state index contributed by atoms with van der Waals surface area (Å²) in [4.78, 5) is 12.7. The SMILES string of the molecule is Cn1c(=O)n(CC(O)Cn2c3ccccc3c3ccccc32)c2ccccc21. The number of aliphatic hydroxyl groups is 1. The molecule has 0 amide bonds. The maximum absolute atomic E-state index is 12.7. The maximum Gasteiger partial charge on any atom is 0.328 e. The van der Waals surface area contributed by atoms with Crippen LogP contribution in [0, 0.1) is 0 Å². The van der Waals surface area contributed by atoms with Crippen molar-refractivity contribution in [3.63, 3.8) is 0 Å². The third kappa shape index (κ3) is 2.47. The lowest BCUT2D eigenvalue weighted by Gasteiger charge is -2.15. The molecule has 28 heavy (non-hydrogen) atoms. The summed E-state index contributed by atoms with van der Waals surface area (Å²) >= 11 is 0. The molecule has 140 valence electrons. The van der Waals surface area contributed by atoms with Crippen LogP contribution in [0.25, 0.3) is 32.8 Å². The molecular weight excluding hydrogens is 350 g/mol. The molecule has 2 heterocycles. The van der Waals surface area contributed by atoms with Crippen LogP contribution < -0.4 is 5.69 Å². The van der Waals surface area contributed by atoms with Gasteiger partial charge in [-0.25, -0.2) is 4.79 Å². The molecule has 0 bridgehead atoms. The number of imidazole rings is 1. The molecule has 0 radical (unpaired) electrons. The number of hydrogen-bond acceptors (Lipinski definition) is 2. The molecule has 0 aliphatic carbocycles. The summed E-state index contributed by atoms with van der Waals surface area (Å²) in [5.41, 5.74) is 3.79. The number of benzene rings is 3. The minimum atomic E-state index is -0.692. The summed E-state index contributed by atoms with van der Waals surface area (Å²) in [6.45, 7) is 0.671. The Balaban J connectivity index is 1.56. The van der Waals surface area contributed by atoms with Crippen LogP contribution >= 0.6 is 0 Å². The molecule has 2 aromatic heterocycles. The van der Waals surface area contributed by atoms with E-state index in [0.29, 0.717) is 6.54 Å². The Morgan fingerprint density at radius 1 is 0.714 bits per heavy atom. The highest BCUT2D eigenvalue weighted by Gasteiger charge is 2.17. The summed E-state index contributed by atoms with van der Waals surface area (Å²) in [5.74, 6) is 0. The van der Waals surface area contributed by atoms with Crippen LogP contribution in [0.3, 0.4) is 0 Å². The first-order valence-corrected chi connectivity index (χ1v) is 9.43. The van der Waals surface area contributed by atoms with Gasteiger partial charge in [0.15, 0.2) is 0 Å². The first kappa shape index (κ1) is 16.8. The molecule has 5 heteroatoms. The lowest BCUT2D eigenvalue weighted by Crippen LogP contribution is -2.29. The number of para-hydroxylation sites is 4. The van der Waals surface area contributed by atoms with E-state index in [0.717, 1.165) is 22.1 Å². The second-order valence-electron chi connectivity index (χ2n) is 7.24. The quantitative estimate of drug-likeness (QED) is 0.526. The van der Waals surface area contributed by atoms with Gasteiger partial charge in [-0.3, -0.25) is 9.13 Å². The molecule has 1 atom stereocenters. The Labute approximate surface area is 161 Å². The minimum Gasteiger partial charge on any atom is -0.389 e. The third-order valence-corrected chi connectivity index (χ3v) is 5.52. The highest BCUT2D eigenvalue weighted by molar-refractivity contribution is 6.07. The topological polar surface area (TPSA) is 52.1 Å². The number of nitrogens with zero attached hydrogens (tertiary/aromatic N) is 3. The third-order valence-electron chi connectivity index (χ3n) is 5.52. The number of fused-ring (bicyclic) bond motifs is 4. The second kappa shape index (κ2) is 6.39. The fourth-order valence-electron chi connectivity index (χ4n) is 4.22. The summed E-state index contributed by atoms with van der Waals surface area (Å²) < 4.78 is 5.43. The minimum absolute atomic E-state index is 0.109. The van der Waals surface area contributed by atoms with Crippen molar-refractivity contribution in [2.24, 2.45) is 7.05 Å². The van der Waals surface area contributed by atoms with Crippen molar-refractivity contribution in [3.05, 3.63) is 83.3 Å². The van der Waals surface area contributed by atoms with Gasteiger partial charge in [0.25, 0.3) is 0 Å². The van der Waals surface area contributed by atoms with Gasteiger partial charge in [0.2, 0.25) is 0 Å². The zero-order valence-electron chi connectivity index (χ0n) is 15.6. The summed E-state index contributed by atoms with van der Waals surface area (Å²) in [5, 5.41) is 13.2. The number of rotatable bonds is 4. The lowest BCUT2D eigenvalue weighted by molar-refractivity contribution is 0.137. The monoisotopic (exact) mass is 371 g/mol. The van der Waals surface area contributed by atoms with Gasteiger partial charge < -0.3 is 9.67 Å². The van der Waals surface area contributed by atoms with Gasteiger partial charge in [-0.1, -0.05) is 48.5 Å². The van der Waals surface area contributed by atoms with E-state index in [-0.39, 0.29) is 12.2 Å². The molecule has 1 unspecified atom stereocenters. The van der Waals surface area contributed by atoms with Crippen LogP contribution in [0.5, 0.6) is 0 Å². The summed E-state index contributed by atoms with van der Waals surface area (Å²) in [6.07, 6.45) is -0.692. The Kier molecular flexibility index (Phi) is 3.84. The van der Waals surface area contributed by atoms with E-state index in [1.165, 1.54) is 10.8 Å². The molecule has 0 fully saturated rings. The largest absolute Gasteiger partial charge is 0.389 e. The van der Waals surface area contributed by atoms with E-state index < -0.39 is 6.10 Å². The van der Waals surface area contributed by atoms with E-state index in [9.17, 15) is 9.90 Å². The van der Waals surface area contributed by atoms with Gasteiger partial charge in [0, 0.05) is 28.9 Å². The van der Waals surface area contributed by atoms with Gasteiger partial charge >= 0.3 is 5.69 Å². The smallest absolute Gasteiger partial charge is 0.328 e. The molecule has 5 nitrogen and oxygen atoms in total. The first-order valence-electron chi connectivity index (χ1n) is 9.43. The normalized spacial score (nSPS) is 12.9. The van der Waals surface area contributed by atoms with Crippen LogP contribution in [-0.2, 0) is 20.1 Å². The number of aliphatic hydroxyl groups excluding tert-OH is 1. The van der Waals surface area contributed by atoms with Gasteiger partial charge in [0.05, 0.1) is 30.2 Å². The molecule has 5 rings (SSSR count). The predicted octanol–water partition coefficient (Wildman–Crippen LogP) is 3.51. The molecule has 1 N–H and O–H groups in total. The van der Waals surface area contributed by atoms with Gasteiger partial charge in [-0.15, -0.1) is 0 Å². The number of aryl methyl sites for hydroxylation is 1. The number of aromatic nitrogens is 3. The first-order chi connectivity index (χ1) is 13.6. The van der Waals surface area contributed by atoms with E-state index in [2.05, 4.69) is 28.8 Å². The van der Waals surface area contributed by atoms with Crippen LogP contribution in [0.2, 0.25) is 0 Å². The van der Waals surface area contributed by atoms with E-state index >= 15 is 0 Å². The zero-order chi connectivity index (χ0) is 19.3. The van der Waals surface area contributed by atoms with Crippen molar-refractivity contribution in [3.8, 4) is 0 Å². The highest BCUT2D eigenvalue weighted by atomic mass is 16.3. The van der Waals surface area contributed by atoms with Crippen molar-refractivity contribution < 1.29 is 5.11 Å². The van der Waals surface area contributed by atoms with Crippen LogP contribution in [0.1, 0.15) is 0 Å². The standard InChI is InChI=1S/C23H21N3O2/c1-24-21-12-6-7-13-22(21)26(23(24)28)15-16(27)14-25-19-10-4-2-8-17(19)18-9-3-5-11-20(18)25/h2-13,16,27H,14-15H2,1H3. The molecule has 0 aliphatic heterocycles. The zero-order valence-corrected chi connectivity index (χ0v) is 15.6. The Hall–Kier alpha value is -3.31. The molecule has 0 spiro atoms. The summed E-state index contributed by atoms with van der Waals surface area (Å²) in [7, 11) is 1.76. The fourth-order valence-corrected chi connectivity index (χ4v) is 4.22. The van der Waals surface area contributed by atoms with Crippen LogP contribution in [0.15, 0.2) is 77.6 Å². The average molecular weight is 371 g/mol. The van der Waals surface area contributed by atoms with Gasteiger partial charge in [0.1, 0.15) is 0 Å². The Morgan fingerprint density at radius 3 is 1.79 bits per heavy atom.